The summed E-state index contributed by atoms with van der Waals surface area (Å²) in [7, 11) is 0. The van der Waals surface area contributed by atoms with Gasteiger partial charge in [-0.3, -0.25) is 4.79 Å². The van der Waals surface area contributed by atoms with E-state index in [0.29, 0.717) is 6.42 Å². The third kappa shape index (κ3) is 4.68. The van der Waals surface area contributed by atoms with Crippen LogP contribution in [0.15, 0.2) is 60.7 Å². The molecule has 2 N–H and O–H groups in total. The summed E-state index contributed by atoms with van der Waals surface area (Å²) in [5.74, 6) is -1.61. The molecule has 0 aromatic heterocycles. The summed E-state index contributed by atoms with van der Waals surface area (Å²) < 4.78 is 0. The van der Waals surface area contributed by atoms with E-state index >= 15 is 0 Å². The first-order valence-corrected chi connectivity index (χ1v) is 7.74. The summed E-state index contributed by atoms with van der Waals surface area (Å²) in [5.41, 5.74) is 1.78. The third-order valence-corrected chi connectivity index (χ3v) is 3.82. The summed E-state index contributed by atoms with van der Waals surface area (Å²) in [5, 5.41) is 12.1. The largest absolute Gasteiger partial charge is 0.480 e. The van der Waals surface area contributed by atoms with E-state index in [1.54, 1.807) is 0 Å². The molecule has 0 aliphatic carbocycles. The van der Waals surface area contributed by atoms with Crippen LogP contribution in [0.25, 0.3) is 0 Å². The third-order valence-electron chi connectivity index (χ3n) is 3.82. The zero-order valence-corrected chi connectivity index (χ0v) is 13.1. The molecule has 1 unspecified atom stereocenters. The molecule has 0 radical (unpaired) electrons. The molecule has 0 aliphatic rings. The van der Waals surface area contributed by atoms with Crippen LogP contribution in [-0.2, 0) is 16.0 Å². The van der Waals surface area contributed by atoms with Crippen molar-refractivity contribution >= 4 is 11.9 Å². The van der Waals surface area contributed by atoms with E-state index in [1.165, 1.54) is 0 Å². The summed E-state index contributed by atoms with van der Waals surface area (Å²) in [4.78, 5) is 24.0. The number of carbonyl (C=O) groups is 2. The Morgan fingerprint density at radius 1 is 1.00 bits per heavy atom. The second-order valence-corrected chi connectivity index (χ2v) is 5.46. The first-order valence-electron chi connectivity index (χ1n) is 7.74. The Bertz CT molecular complexity index is 640. The van der Waals surface area contributed by atoms with Gasteiger partial charge in [-0.1, -0.05) is 67.6 Å². The van der Waals surface area contributed by atoms with Crippen LogP contribution < -0.4 is 5.32 Å². The smallest absolute Gasteiger partial charge is 0.326 e. The van der Waals surface area contributed by atoms with E-state index in [1.807, 2.05) is 67.6 Å². The zero-order chi connectivity index (χ0) is 16.7. The minimum absolute atomic E-state index is 0.248. The molecule has 0 bridgehead atoms. The standard InChI is InChI=1S/C19H21NO3/c1-2-16(15-11-7-4-8-12-15)18(21)20-17(19(22)23)13-14-9-5-3-6-10-14/h3-12,16-17H,2,13H2,1H3,(H,20,21)(H,22,23)/t16?,17-/m1/s1. The molecule has 1 amide bonds. The number of benzene rings is 2. The topological polar surface area (TPSA) is 66.4 Å². The molecule has 2 aromatic rings. The Kier molecular flexibility index (Phi) is 5.92. The minimum atomic E-state index is -1.02. The van der Waals surface area contributed by atoms with Gasteiger partial charge < -0.3 is 10.4 Å². The molecule has 0 aliphatic heterocycles. The number of hydrogen-bond acceptors (Lipinski definition) is 2. The first kappa shape index (κ1) is 16.7. The monoisotopic (exact) mass is 311 g/mol. The van der Waals surface area contributed by atoms with Crippen molar-refractivity contribution in [3.8, 4) is 0 Å². The number of carbonyl (C=O) groups excluding carboxylic acids is 1. The fraction of sp³-hybridized carbons (Fsp3) is 0.263. The van der Waals surface area contributed by atoms with Crippen molar-refractivity contribution in [2.75, 3.05) is 0 Å². The van der Waals surface area contributed by atoms with Crippen LogP contribution in [0, 0.1) is 0 Å². The SMILES string of the molecule is CCC(C(=O)N[C@H](Cc1ccccc1)C(=O)O)c1ccccc1. The zero-order valence-electron chi connectivity index (χ0n) is 13.1. The lowest BCUT2D eigenvalue weighted by Crippen LogP contribution is -2.44. The highest BCUT2D eigenvalue weighted by Crippen LogP contribution is 2.19. The molecule has 4 nitrogen and oxygen atoms in total. The van der Waals surface area contributed by atoms with Crippen molar-refractivity contribution in [1.29, 1.82) is 0 Å². The summed E-state index contributed by atoms with van der Waals surface area (Å²) in [6, 6.07) is 17.8. The average molecular weight is 311 g/mol. The number of hydrogen-bond donors (Lipinski definition) is 2. The van der Waals surface area contributed by atoms with Gasteiger partial charge in [0.2, 0.25) is 5.91 Å². The van der Waals surface area contributed by atoms with E-state index in [2.05, 4.69) is 5.32 Å². The Morgan fingerprint density at radius 2 is 1.57 bits per heavy atom. The Balaban J connectivity index is 2.09. The molecule has 0 spiro atoms. The summed E-state index contributed by atoms with van der Waals surface area (Å²) >= 11 is 0. The predicted octanol–water partition coefficient (Wildman–Crippen LogP) is 2.99. The number of aliphatic carboxylic acids is 1. The van der Waals surface area contributed by atoms with Crippen molar-refractivity contribution in [2.24, 2.45) is 0 Å². The highest BCUT2D eigenvalue weighted by atomic mass is 16.4. The molecule has 2 aromatic carbocycles. The van der Waals surface area contributed by atoms with Crippen LogP contribution in [0.3, 0.4) is 0 Å². The van der Waals surface area contributed by atoms with Crippen LogP contribution in [0.5, 0.6) is 0 Å². The van der Waals surface area contributed by atoms with Gasteiger partial charge in [0.15, 0.2) is 0 Å². The van der Waals surface area contributed by atoms with E-state index in [9.17, 15) is 14.7 Å². The van der Waals surface area contributed by atoms with Crippen LogP contribution in [0.2, 0.25) is 0 Å². The normalized spacial score (nSPS) is 13.1. The summed E-state index contributed by atoms with van der Waals surface area (Å²) in [6.45, 7) is 1.92. The molecule has 0 saturated carbocycles. The maximum atomic E-state index is 12.5. The fourth-order valence-electron chi connectivity index (χ4n) is 2.58. The van der Waals surface area contributed by atoms with Gasteiger partial charge in [0.05, 0.1) is 5.92 Å². The molecule has 0 heterocycles. The Morgan fingerprint density at radius 3 is 2.09 bits per heavy atom. The number of rotatable bonds is 7. The van der Waals surface area contributed by atoms with Crippen molar-refractivity contribution in [1.82, 2.24) is 5.32 Å². The summed E-state index contributed by atoms with van der Waals surface area (Å²) in [6.07, 6.45) is 0.890. The quantitative estimate of drug-likeness (QED) is 0.826. The lowest BCUT2D eigenvalue weighted by molar-refractivity contribution is -0.142. The van der Waals surface area contributed by atoms with E-state index in [0.717, 1.165) is 11.1 Å². The number of amides is 1. The maximum Gasteiger partial charge on any atom is 0.326 e. The van der Waals surface area contributed by atoms with Crippen LogP contribution in [0.1, 0.15) is 30.4 Å². The van der Waals surface area contributed by atoms with E-state index in [4.69, 9.17) is 0 Å². The predicted molar refractivity (Wildman–Crippen MR) is 89.2 cm³/mol. The molecule has 2 atom stereocenters. The highest BCUT2D eigenvalue weighted by molar-refractivity contribution is 5.88. The molecule has 120 valence electrons. The number of nitrogens with one attached hydrogen (secondary N) is 1. The van der Waals surface area contributed by atoms with Gasteiger partial charge in [0.1, 0.15) is 6.04 Å². The van der Waals surface area contributed by atoms with Gasteiger partial charge >= 0.3 is 5.97 Å². The van der Waals surface area contributed by atoms with Gasteiger partial charge in [-0.05, 0) is 17.5 Å². The van der Waals surface area contributed by atoms with Crippen molar-refractivity contribution in [2.45, 2.75) is 31.7 Å². The molecule has 0 fully saturated rings. The molecule has 23 heavy (non-hydrogen) atoms. The number of carboxylic acids is 1. The Labute approximate surface area is 136 Å². The van der Waals surface area contributed by atoms with Gasteiger partial charge in [-0.2, -0.15) is 0 Å². The molecule has 2 rings (SSSR count). The second-order valence-electron chi connectivity index (χ2n) is 5.46. The Hall–Kier alpha value is -2.62. The maximum absolute atomic E-state index is 12.5. The second kappa shape index (κ2) is 8.13. The van der Waals surface area contributed by atoms with E-state index < -0.39 is 12.0 Å². The molecular weight excluding hydrogens is 290 g/mol. The molecule has 0 saturated heterocycles. The van der Waals surface area contributed by atoms with Gasteiger partial charge in [-0.15, -0.1) is 0 Å². The highest BCUT2D eigenvalue weighted by Gasteiger charge is 2.25. The first-order chi connectivity index (χ1) is 11.1. The van der Waals surface area contributed by atoms with Crippen LogP contribution >= 0.6 is 0 Å². The average Bonchev–Trinajstić information content (AvgIpc) is 2.57. The fourth-order valence-corrected chi connectivity index (χ4v) is 2.58. The van der Waals surface area contributed by atoms with Crippen molar-refractivity contribution < 1.29 is 14.7 Å². The lowest BCUT2D eigenvalue weighted by Gasteiger charge is -2.20. The van der Waals surface area contributed by atoms with Gasteiger partial charge in [0.25, 0.3) is 0 Å². The van der Waals surface area contributed by atoms with Crippen molar-refractivity contribution in [3.63, 3.8) is 0 Å². The molecular formula is C19H21NO3. The van der Waals surface area contributed by atoms with Crippen LogP contribution in [0.4, 0.5) is 0 Å². The van der Waals surface area contributed by atoms with Crippen molar-refractivity contribution in [3.05, 3.63) is 71.8 Å². The number of carboxylic acid groups (broad SMARTS) is 1. The van der Waals surface area contributed by atoms with Gasteiger partial charge in [-0.25, -0.2) is 4.79 Å². The minimum Gasteiger partial charge on any atom is -0.480 e. The van der Waals surface area contributed by atoms with Gasteiger partial charge in [0, 0.05) is 6.42 Å². The molecule has 4 heteroatoms. The lowest BCUT2D eigenvalue weighted by atomic mass is 9.95. The van der Waals surface area contributed by atoms with E-state index in [-0.39, 0.29) is 18.2 Å². The van der Waals surface area contributed by atoms with Crippen LogP contribution in [-0.4, -0.2) is 23.0 Å².